The Morgan fingerprint density at radius 3 is 2.23 bits per heavy atom. The summed E-state index contributed by atoms with van der Waals surface area (Å²) in [7, 11) is -3.75. The van der Waals surface area contributed by atoms with E-state index in [-0.39, 0.29) is 29.3 Å². The fourth-order valence-corrected chi connectivity index (χ4v) is 4.04. The number of anilines is 1. The number of carbonyl (C=O) groups is 1. The van der Waals surface area contributed by atoms with Crippen LogP contribution in [0.15, 0.2) is 82.2 Å². The van der Waals surface area contributed by atoms with E-state index in [0.29, 0.717) is 11.4 Å². The number of halogens is 2. The van der Waals surface area contributed by atoms with E-state index < -0.39 is 10.0 Å². The first-order valence-corrected chi connectivity index (χ1v) is 11.6. The highest BCUT2D eigenvalue weighted by Crippen LogP contribution is 2.21. The first kappa shape index (κ1) is 22.8. The van der Waals surface area contributed by atoms with E-state index in [4.69, 9.17) is 4.74 Å². The second-order valence-corrected chi connectivity index (χ2v) is 9.31. The lowest BCUT2D eigenvalue weighted by atomic mass is 10.1. The second kappa shape index (κ2) is 9.93. The summed E-state index contributed by atoms with van der Waals surface area (Å²) in [5.41, 5.74) is 1.21. The van der Waals surface area contributed by atoms with Crippen LogP contribution in [0.1, 0.15) is 18.5 Å². The third-order valence-electron chi connectivity index (χ3n) is 4.35. The highest BCUT2D eigenvalue weighted by molar-refractivity contribution is 9.10. The lowest BCUT2D eigenvalue weighted by molar-refractivity contribution is -0.123. The van der Waals surface area contributed by atoms with Crippen molar-refractivity contribution in [1.82, 2.24) is 5.32 Å². The molecule has 0 fully saturated rings. The molecule has 0 radical (unpaired) electrons. The summed E-state index contributed by atoms with van der Waals surface area (Å²) >= 11 is 3.30. The number of carbonyl (C=O) groups excluding carboxylic acids is 1. The molecule has 0 aliphatic heterocycles. The lowest BCUT2D eigenvalue weighted by Gasteiger charge is -2.15. The molecular formula is C22H20BrFN2O4S. The van der Waals surface area contributed by atoms with Gasteiger partial charge in [0.25, 0.3) is 15.9 Å². The highest BCUT2D eigenvalue weighted by Gasteiger charge is 2.15. The van der Waals surface area contributed by atoms with Crippen molar-refractivity contribution in [1.29, 1.82) is 0 Å². The SMILES string of the molecule is C[C@H](NC(=O)COc1ccc(S(=O)(=O)Nc2ccc(Br)cc2)cc1)c1ccc(F)cc1. The first-order chi connectivity index (χ1) is 14.7. The molecule has 0 heterocycles. The van der Waals surface area contributed by atoms with Crippen LogP contribution < -0.4 is 14.8 Å². The maximum atomic E-state index is 13.0. The Bertz CT molecular complexity index is 1140. The molecule has 1 amide bonds. The topological polar surface area (TPSA) is 84.5 Å². The predicted molar refractivity (Wildman–Crippen MR) is 120 cm³/mol. The summed E-state index contributed by atoms with van der Waals surface area (Å²) in [6.07, 6.45) is 0. The van der Waals surface area contributed by atoms with E-state index in [1.165, 1.54) is 36.4 Å². The minimum Gasteiger partial charge on any atom is -0.484 e. The van der Waals surface area contributed by atoms with Gasteiger partial charge in [-0.25, -0.2) is 12.8 Å². The Balaban J connectivity index is 1.54. The van der Waals surface area contributed by atoms with Crippen molar-refractivity contribution >= 4 is 37.5 Å². The molecule has 1 atom stereocenters. The van der Waals surface area contributed by atoms with E-state index in [2.05, 4.69) is 26.0 Å². The van der Waals surface area contributed by atoms with Gasteiger partial charge in [0.05, 0.1) is 10.9 Å². The molecule has 9 heteroatoms. The standard InChI is InChI=1S/C22H20BrFN2O4S/c1-15(16-2-6-18(24)7-3-16)25-22(27)14-30-20-10-12-21(13-11-20)31(28,29)26-19-8-4-17(23)5-9-19/h2-13,15,26H,14H2,1H3,(H,25,27)/t15-/m0/s1. The van der Waals surface area contributed by atoms with Crippen LogP contribution in [-0.2, 0) is 14.8 Å². The van der Waals surface area contributed by atoms with Gasteiger partial charge in [-0.1, -0.05) is 28.1 Å². The number of sulfonamides is 1. The summed E-state index contributed by atoms with van der Waals surface area (Å²) in [5.74, 6) is -0.347. The van der Waals surface area contributed by atoms with Gasteiger partial charge in [-0.3, -0.25) is 9.52 Å². The quantitative estimate of drug-likeness (QED) is 0.465. The molecule has 0 spiro atoms. The Labute approximate surface area is 188 Å². The molecule has 6 nitrogen and oxygen atoms in total. The van der Waals surface area contributed by atoms with Crippen molar-refractivity contribution in [3.8, 4) is 5.75 Å². The molecule has 3 rings (SSSR count). The number of amides is 1. The zero-order valence-electron chi connectivity index (χ0n) is 16.5. The number of ether oxygens (including phenoxy) is 1. The summed E-state index contributed by atoms with van der Waals surface area (Å²) in [6, 6.07) is 18.1. The van der Waals surface area contributed by atoms with Crippen molar-refractivity contribution < 1.29 is 22.3 Å². The van der Waals surface area contributed by atoms with Crippen LogP contribution in [0.25, 0.3) is 0 Å². The Kier molecular flexibility index (Phi) is 7.29. The van der Waals surface area contributed by atoms with E-state index in [9.17, 15) is 17.6 Å². The number of hydrogen-bond acceptors (Lipinski definition) is 4. The minimum atomic E-state index is -3.75. The van der Waals surface area contributed by atoms with E-state index >= 15 is 0 Å². The van der Waals surface area contributed by atoms with Crippen LogP contribution in [0, 0.1) is 5.82 Å². The van der Waals surface area contributed by atoms with E-state index in [1.807, 2.05) is 0 Å². The van der Waals surface area contributed by atoms with Gasteiger partial charge in [0.15, 0.2) is 6.61 Å². The smallest absolute Gasteiger partial charge is 0.261 e. The molecule has 0 bridgehead atoms. The maximum Gasteiger partial charge on any atom is 0.261 e. The Hall–Kier alpha value is -2.91. The summed E-state index contributed by atoms with van der Waals surface area (Å²) < 4.78 is 46.7. The molecule has 3 aromatic rings. The molecule has 2 N–H and O–H groups in total. The van der Waals surface area contributed by atoms with Crippen molar-refractivity contribution in [2.75, 3.05) is 11.3 Å². The van der Waals surface area contributed by atoms with Gasteiger partial charge in [0, 0.05) is 10.2 Å². The van der Waals surface area contributed by atoms with E-state index in [0.717, 1.165) is 10.0 Å². The van der Waals surface area contributed by atoms with Gasteiger partial charge in [-0.15, -0.1) is 0 Å². The molecule has 0 aromatic heterocycles. The van der Waals surface area contributed by atoms with Gasteiger partial charge in [-0.05, 0) is 73.2 Å². The summed E-state index contributed by atoms with van der Waals surface area (Å²) in [4.78, 5) is 12.2. The predicted octanol–water partition coefficient (Wildman–Crippen LogP) is 4.65. The summed E-state index contributed by atoms with van der Waals surface area (Å²) in [5, 5.41) is 2.76. The van der Waals surface area contributed by atoms with Gasteiger partial charge in [-0.2, -0.15) is 0 Å². The van der Waals surface area contributed by atoms with Crippen molar-refractivity contribution in [3.63, 3.8) is 0 Å². The van der Waals surface area contributed by atoms with Crippen molar-refractivity contribution in [2.24, 2.45) is 0 Å². The fourth-order valence-electron chi connectivity index (χ4n) is 2.71. The minimum absolute atomic E-state index is 0.0668. The number of hydrogen-bond donors (Lipinski definition) is 2. The van der Waals surface area contributed by atoms with Crippen LogP contribution in [0.4, 0.5) is 10.1 Å². The normalized spacial score (nSPS) is 12.1. The molecule has 0 saturated carbocycles. The monoisotopic (exact) mass is 506 g/mol. The Morgan fingerprint density at radius 2 is 1.61 bits per heavy atom. The van der Waals surface area contributed by atoms with Gasteiger partial charge in [0.2, 0.25) is 0 Å². The van der Waals surface area contributed by atoms with Crippen molar-refractivity contribution in [2.45, 2.75) is 17.9 Å². The maximum absolute atomic E-state index is 13.0. The van der Waals surface area contributed by atoms with Crippen LogP contribution in [0.5, 0.6) is 5.75 Å². The zero-order chi connectivity index (χ0) is 22.4. The fraction of sp³-hybridized carbons (Fsp3) is 0.136. The average molecular weight is 507 g/mol. The molecule has 31 heavy (non-hydrogen) atoms. The molecule has 162 valence electrons. The largest absolute Gasteiger partial charge is 0.484 e. The zero-order valence-corrected chi connectivity index (χ0v) is 18.9. The summed E-state index contributed by atoms with van der Waals surface area (Å²) in [6.45, 7) is 1.54. The first-order valence-electron chi connectivity index (χ1n) is 9.29. The third-order valence-corrected chi connectivity index (χ3v) is 6.27. The molecule has 0 saturated heterocycles. The van der Waals surface area contributed by atoms with Crippen LogP contribution in [0.2, 0.25) is 0 Å². The van der Waals surface area contributed by atoms with Gasteiger partial charge >= 0.3 is 0 Å². The second-order valence-electron chi connectivity index (χ2n) is 6.71. The lowest BCUT2D eigenvalue weighted by Crippen LogP contribution is -2.31. The number of rotatable bonds is 8. The molecule has 0 aliphatic rings. The average Bonchev–Trinajstić information content (AvgIpc) is 2.74. The highest BCUT2D eigenvalue weighted by atomic mass is 79.9. The molecule has 3 aromatic carbocycles. The van der Waals surface area contributed by atoms with E-state index in [1.54, 1.807) is 43.3 Å². The molecule has 0 aliphatic carbocycles. The molecular weight excluding hydrogens is 487 g/mol. The van der Waals surface area contributed by atoms with Crippen LogP contribution in [-0.4, -0.2) is 20.9 Å². The third kappa shape index (κ3) is 6.53. The van der Waals surface area contributed by atoms with Crippen molar-refractivity contribution in [3.05, 3.63) is 88.6 Å². The number of benzene rings is 3. The van der Waals surface area contributed by atoms with Crippen LogP contribution in [0.3, 0.4) is 0 Å². The Morgan fingerprint density at radius 1 is 1.00 bits per heavy atom. The van der Waals surface area contributed by atoms with Gasteiger partial charge in [0.1, 0.15) is 11.6 Å². The van der Waals surface area contributed by atoms with Crippen LogP contribution >= 0.6 is 15.9 Å². The van der Waals surface area contributed by atoms with Gasteiger partial charge < -0.3 is 10.1 Å². The number of nitrogens with one attached hydrogen (secondary N) is 2. The molecule has 0 unspecified atom stereocenters.